The summed E-state index contributed by atoms with van der Waals surface area (Å²) in [5, 5.41) is 9.70. The fourth-order valence-corrected chi connectivity index (χ4v) is 1.74. The predicted octanol–water partition coefficient (Wildman–Crippen LogP) is 3.86. The molecule has 1 unspecified atom stereocenters. The molecule has 21 heavy (non-hydrogen) atoms. The zero-order valence-electron chi connectivity index (χ0n) is 10.8. The summed E-state index contributed by atoms with van der Waals surface area (Å²) in [6.07, 6.45) is -0.112. The monoisotopic (exact) mass is 292 g/mol. The predicted molar refractivity (Wildman–Crippen MR) is 71.7 cm³/mol. The Bertz CT molecular complexity index is 659. The molecule has 5 heteroatoms. The number of aliphatic hydroxyl groups is 1. The van der Waals surface area contributed by atoms with Gasteiger partial charge in [0.15, 0.2) is 0 Å². The number of terminal acetylenes is 1. The molecule has 2 aromatic rings. The van der Waals surface area contributed by atoms with Crippen LogP contribution in [0.5, 0.6) is 11.5 Å². The van der Waals surface area contributed by atoms with Crippen LogP contribution < -0.4 is 4.74 Å². The smallest absolute Gasteiger partial charge is 0.433 e. The van der Waals surface area contributed by atoms with Gasteiger partial charge in [-0.05, 0) is 24.3 Å². The maximum absolute atomic E-state index is 12.9. The van der Waals surface area contributed by atoms with Gasteiger partial charge in [0, 0.05) is 5.56 Å². The van der Waals surface area contributed by atoms with Crippen LogP contribution in [0.4, 0.5) is 13.2 Å². The largest absolute Gasteiger partial charge is 0.457 e. The molecule has 0 amide bonds. The number of benzene rings is 2. The molecule has 2 rings (SSSR count). The molecule has 0 aliphatic rings. The molecular weight excluding hydrogens is 281 g/mol. The fraction of sp³-hybridized carbons (Fsp3) is 0.125. The van der Waals surface area contributed by atoms with Gasteiger partial charge in [-0.25, -0.2) is 0 Å². The lowest BCUT2D eigenvalue weighted by atomic mass is 9.94. The van der Waals surface area contributed by atoms with Gasteiger partial charge in [0.05, 0.1) is 0 Å². The maximum Gasteiger partial charge on any atom is 0.433 e. The molecule has 0 heterocycles. The van der Waals surface area contributed by atoms with Gasteiger partial charge in [-0.1, -0.05) is 36.3 Å². The number of alkyl halides is 3. The fourth-order valence-electron chi connectivity index (χ4n) is 1.74. The summed E-state index contributed by atoms with van der Waals surface area (Å²) in [5.41, 5.74) is -3.81. The lowest BCUT2D eigenvalue weighted by Gasteiger charge is -2.25. The van der Waals surface area contributed by atoms with Crippen molar-refractivity contribution in [2.24, 2.45) is 0 Å². The first kappa shape index (κ1) is 14.9. The van der Waals surface area contributed by atoms with Gasteiger partial charge < -0.3 is 9.84 Å². The van der Waals surface area contributed by atoms with E-state index in [1.165, 1.54) is 18.1 Å². The van der Waals surface area contributed by atoms with E-state index in [1.54, 1.807) is 30.3 Å². The molecule has 0 aliphatic carbocycles. The standard InChI is InChI=1S/C16H11F3O2/c1-2-15(20,16(17,18)19)12-7-6-10-14(11-12)21-13-8-4-3-5-9-13/h1,3-11,20H. The summed E-state index contributed by atoms with van der Waals surface area (Å²) in [6.45, 7) is 0. The van der Waals surface area contributed by atoms with E-state index >= 15 is 0 Å². The number of rotatable bonds is 3. The van der Waals surface area contributed by atoms with Crippen molar-refractivity contribution in [3.8, 4) is 23.8 Å². The van der Waals surface area contributed by atoms with Crippen LogP contribution in [0.15, 0.2) is 54.6 Å². The third-order valence-corrected chi connectivity index (χ3v) is 2.85. The summed E-state index contributed by atoms with van der Waals surface area (Å²) in [7, 11) is 0. The Kier molecular flexibility index (Phi) is 3.92. The van der Waals surface area contributed by atoms with E-state index in [1.807, 2.05) is 0 Å². The van der Waals surface area contributed by atoms with E-state index in [0.717, 1.165) is 12.1 Å². The number of halogens is 3. The van der Waals surface area contributed by atoms with Crippen molar-refractivity contribution in [1.29, 1.82) is 0 Å². The normalized spacial score (nSPS) is 14.0. The van der Waals surface area contributed by atoms with Crippen molar-refractivity contribution in [3.05, 3.63) is 60.2 Å². The summed E-state index contributed by atoms with van der Waals surface area (Å²) in [4.78, 5) is 0. The molecule has 108 valence electrons. The van der Waals surface area contributed by atoms with Crippen molar-refractivity contribution in [2.45, 2.75) is 11.8 Å². The molecule has 2 nitrogen and oxygen atoms in total. The van der Waals surface area contributed by atoms with E-state index in [0.29, 0.717) is 5.75 Å². The van der Waals surface area contributed by atoms with Gasteiger partial charge in [0.2, 0.25) is 5.60 Å². The van der Waals surface area contributed by atoms with Crippen LogP contribution in [0.3, 0.4) is 0 Å². The molecule has 0 aliphatic heterocycles. The zero-order valence-corrected chi connectivity index (χ0v) is 10.8. The van der Waals surface area contributed by atoms with Gasteiger partial charge in [-0.3, -0.25) is 0 Å². The second kappa shape index (κ2) is 5.51. The third kappa shape index (κ3) is 3.01. The second-order valence-electron chi connectivity index (χ2n) is 4.30. The molecule has 1 N–H and O–H groups in total. The Morgan fingerprint density at radius 1 is 0.952 bits per heavy atom. The Morgan fingerprint density at radius 3 is 2.14 bits per heavy atom. The molecule has 0 fully saturated rings. The van der Waals surface area contributed by atoms with Crippen molar-refractivity contribution in [3.63, 3.8) is 0 Å². The molecule has 0 spiro atoms. The molecular formula is C16H11F3O2. The van der Waals surface area contributed by atoms with Crippen LogP contribution in [0.2, 0.25) is 0 Å². The van der Waals surface area contributed by atoms with Crippen molar-refractivity contribution in [1.82, 2.24) is 0 Å². The Morgan fingerprint density at radius 2 is 1.57 bits per heavy atom. The minimum atomic E-state index is -4.98. The molecule has 0 radical (unpaired) electrons. The van der Waals surface area contributed by atoms with Crippen LogP contribution in [-0.4, -0.2) is 11.3 Å². The Labute approximate surface area is 119 Å². The van der Waals surface area contributed by atoms with Crippen LogP contribution in [0.25, 0.3) is 0 Å². The van der Waals surface area contributed by atoms with E-state index < -0.39 is 17.3 Å². The van der Waals surface area contributed by atoms with Gasteiger partial charge in [0.1, 0.15) is 11.5 Å². The van der Waals surface area contributed by atoms with Crippen LogP contribution >= 0.6 is 0 Å². The van der Waals surface area contributed by atoms with Gasteiger partial charge >= 0.3 is 6.18 Å². The van der Waals surface area contributed by atoms with Gasteiger partial charge in [0.25, 0.3) is 0 Å². The second-order valence-corrected chi connectivity index (χ2v) is 4.30. The molecule has 0 bridgehead atoms. The minimum absolute atomic E-state index is 0.150. The van der Waals surface area contributed by atoms with Crippen molar-refractivity contribution >= 4 is 0 Å². The molecule has 2 aromatic carbocycles. The van der Waals surface area contributed by atoms with Gasteiger partial charge in [-0.2, -0.15) is 13.2 Å². The van der Waals surface area contributed by atoms with Crippen LogP contribution in [0, 0.1) is 12.3 Å². The van der Waals surface area contributed by atoms with Crippen LogP contribution in [0.1, 0.15) is 5.56 Å². The van der Waals surface area contributed by atoms with E-state index in [2.05, 4.69) is 0 Å². The first-order valence-corrected chi connectivity index (χ1v) is 5.97. The summed E-state index contributed by atoms with van der Waals surface area (Å²) in [6, 6.07) is 13.5. The summed E-state index contributed by atoms with van der Waals surface area (Å²) >= 11 is 0. The molecule has 1 atom stereocenters. The number of para-hydroxylation sites is 1. The van der Waals surface area contributed by atoms with Crippen molar-refractivity contribution < 1.29 is 23.0 Å². The lowest BCUT2D eigenvalue weighted by molar-refractivity contribution is -0.240. The average Bonchev–Trinajstić information content (AvgIpc) is 2.46. The van der Waals surface area contributed by atoms with Crippen LogP contribution in [-0.2, 0) is 5.60 Å². The zero-order chi connectivity index (χ0) is 15.5. The molecule has 0 saturated heterocycles. The van der Waals surface area contributed by atoms with E-state index in [-0.39, 0.29) is 5.75 Å². The van der Waals surface area contributed by atoms with Crippen molar-refractivity contribution in [2.75, 3.05) is 0 Å². The SMILES string of the molecule is C#CC(O)(c1cccc(Oc2ccccc2)c1)C(F)(F)F. The molecule has 0 aromatic heterocycles. The van der Waals surface area contributed by atoms with E-state index in [9.17, 15) is 18.3 Å². The quantitative estimate of drug-likeness (QED) is 0.870. The minimum Gasteiger partial charge on any atom is -0.457 e. The Hall–Kier alpha value is -2.45. The lowest BCUT2D eigenvalue weighted by Crippen LogP contribution is -2.40. The third-order valence-electron chi connectivity index (χ3n) is 2.85. The first-order chi connectivity index (χ1) is 9.87. The number of hydrogen-bond acceptors (Lipinski definition) is 2. The highest BCUT2D eigenvalue weighted by Crippen LogP contribution is 2.39. The first-order valence-electron chi connectivity index (χ1n) is 5.97. The summed E-state index contributed by atoms with van der Waals surface area (Å²) in [5.74, 6) is 2.01. The Balaban J connectivity index is 2.36. The van der Waals surface area contributed by atoms with Gasteiger partial charge in [-0.15, -0.1) is 6.42 Å². The number of ether oxygens (including phenoxy) is 1. The van der Waals surface area contributed by atoms with E-state index in [4.69, 9.17) is 11.2 Å². The summed E-state index contributed by atoms with van der Waals surface area (Å²) < 4.78 is 44.2. The molecule has 0 saturated carbocycles. The highest BCUT2D eigenvalue weighted by Gasteiger charge is 2.54. The highest BCUT2D eigenvalue weighted by molar-refractivity contribution is 5.40. The highest BCUT2D eigenvalue weighted by atomic mass is 19.4. The topological polar surface area (TPSA) is 29.5 Å². The maximum atomic E-state index is 12.9. The average molecular weight is 292 g/mol. The number of hydrogen-bond donors (Lipinski definition) is 1.